The van der Waals surface area contributed by atoms with E-state index in [2.05, 4.69) is 25.9 Å². The molecule has 37 heavy (non-hydrogen) atoms. The summed E-state index contributed by atoms with van der Waals surface area (Å²) >= 11 is 7.50. The van der Waals surface area contributed by atoms with Gasteiger partial charge in [0.25, 0.3) is 5.91 Å². The number of halogens is 1. The van der Waals surface area contributed by atoms with Gasteiger partial charge in [-0.1, -0.05) is 24.1 Å². The summed E-state index contributed by atoms with van der Waals surface area (Å²) in [5, 5.41) is 19.8. The predicted octanol–water partition coefficient (Wildman–Crippen LogP) is 5.45. The summed E-state index contributed by atoms with van der Waals surface area (Å²) in [4.78, 5) is 45.2. The lowest BCUT2D eigenvalue weighted by Crippen LogP contribution is -2.28. The zero-order chi connectivity index (χ0) is 26.1. The van der Waals surface area contributed by atoms with Crippen LogP contribution in [-0.2, 0) is 9.59 Å². The van der Waals surface area contributed by atoms with Crippen LogP contribution in [0.2, 0.25) is 5.02 Å². The van der Waals surface area contributed by atoms with E-state index in [4.69, 9.17) is 11.6 Å². The number of nitrogens with one attached hydrogen (secondary N) is 3. The second kappa shape index (κ2) is 10.2. The van der Waals surface area contributed by atoms with Crippen LogP contribution < -0.4 is 16.0 Å². The largest absolute Gasteiger partial charge is 0.478 e. The van der Waals surface area contributed by atoms with Gasteiger partial charge in [0.15, 0.2) is 5.17 Å². The number of thioether (sulfide) groups is 1. The lowest BCUT2D eigenvalue weighted by molar-refractivity contribution is -0.122. The van der Waals surface area contributed by atoms with E-state index in [-0.39, 0.29) is 17.4 Å². The molecular weight excluding hydrogens is 514 g/mol. The van der Waals surface area contributed by atoms with Crippen LogP contribution in [0.4, 0.5) is 17.1 Å². The molecule has 2 amide bonds. The molecular formula is C26H22ClN5O4S. The van der Waals surface area contributed by atoms with E-state index in [1.54, 1.807) is 49.5 Å². The van der Waals surface area contributed by atoms with Gasteiger partial charge in [-0.25, -0.2) is 4.79 Å². The Morgan fingerprint density at radius 3 is 2.70 bits per heavy atom. The van der Waals surface area contributed by atoms with Gasteiger partial charge in [0.1, 0.15) is 5.56 Å². The van der Waals surface area contributed by atoms with Crippen LogP contribution in [0.3, 0.4) is 0 Å². The van der Waals surface area contributed by atoms with Crippen LogP contribution in [0.5, 0.6) is 0 Å². The monoisotopic (exact) mass is 535 g/mol. The number of pyridine rings is 1. The summed E-state index contributed by atoms with van der Waals surface area (Å²) in [6.45, 7) is 0. The molecule has 5 rings (SSSR count). The van der Waals surface area contributed by atoms with E-state index in [0.717, 1.165) is 31.0 Å². The summed E-state index contributed by atoms with van der Waals surface area (Å²) in [6, 6.07) is 10.5. The molecule has 2 aromatic carbocycles. The Kier molecular flexibility index (Phi) is 6.86. The molecule has 1 saturated carbocycles. The number of hydrogen-bond acceptors (Lipinski definition) is 7. The van der Waals surface area contributed by atoms with E-state index in [9.17, 15) is 19.5 Å². The Morgan fingerprint density at radius 1 is 1.19 bits per heavy atom. The maximum absolute atomic E-state index is 12.6. The van der Waals surface area contributed by atoms with Crippen molar-refractivity contribution >= 4 is 80.4 Å². The number of anilines is 3. The topological polar surface area (TPSA) is 133 Å². The Balaban J connectivity index is 1.35. The number of fused-ring (bicyclic) bond motifs is 1. The third-order valence-corrected chi connectivity index (χ3v) is 7.47. The first kappa shape index (κ1) is 24.8. The van der Waals surface area contributed by atoms with Gasteiger partial charge in [-0.15, -0.1) is 0 Å². The summed E-state index contributed by atoms with van der Waals surface area (Å²) in [7, 11) is 1.65. The molecule has 188 valence electrons. The number of aromatic nitrogens is 1. The summed E-state index contributed by atoms with van der Waals surface area (Å²) in [5.41, 5.74) is 2.95. The van der Waals surface area contributed by atoms with Crippen LogP contribution in [-0.4, -0.2) is 40.1 Å². The van der Waals surface area contributed by atoms with Crippen molar-refractivity contribution in [2.75, 3.05) is 23.0 Å². The van der Waals surface area contributed by atoms with Gasteiger partial charge in [0.05, 0.1) is 26.8 Å². The molecule has 4 N–H and O–H groups in total. The minimum Gasteiger partial charge on any atom is -0.478 e. The van der Waals surface area contributed by atoms with Crippen molar-refractivity contribution in [3.63, 3.8) is 0 Å². The number of carboxylic acid groups (broad SMARTS) is 1. The van der Waals surface area contributed by atoms with Gasteiger partial charge in [-0.05, 0) is 66.6 Å². The molecule has 0 spiro atoms. The number of aliphatic imine (C=N–C) groups is 1. The van der Waals surface area contributed by atoms with Gasteiger partial charge < -0.3 is 21.1 Å². The number of benzene rings is 2. The summed E-state index contributed by atoms with van der Waals surface area (Å²) < 4.78 is 0. The Hall–Kier alpha value is -3.89. The number of nitrogens with zero attached hydrogens (tertiary/aromatic N) is 2. The average Bonchev–Trinajstić information content (AvgIpc) is 3.17. The molecule has 1 aliphatic heterocycles. The van der Waals surface area contributed by atoms with Gasteiger partial charge >= 0.3 is 5.97 Å². The lowest BCUT2D eigenvalue weighted by Gasteiger charge is -2.24. The molecule has 0 bridgehead atoms. The third-order valence-electron chi connectivity index (χ3n) is 6.24. The quantitative estimate of drug-likeness (QED) is 0.306. The highest BCUT2D eigenvalue weighted by molar-refractivity contribution is 8.18. The molecule has 1 aromatic heterocycles. The van der Waals surface area contributed by atoms with E-state index in [1.165, 1.54) is 6.20 Å². The van der Waals surface area contributed by atoms with Gasteiger partial charge in [0.2, 0.25) is 5.91 Å². The summed E-state index contributed by atoms with van der Waals surface area (Å²) in [5.74, 6) is -1.45. The van der Waals surface area contributed by atoms with E-state index < -0.39 is 11.9 Å². The maximum Gasteiger partial charge on any atom is 0.339 e. The standard InChI is InChI=1S/C26H22ClN5O4S/c1-28-22-16-9-13(5-8-19(16)29-12-17(22)25(35)36)10-21-24(34)32-26(37-21)31-20-11-15(6-7-18(20)27)30-23(33)14-3-2-4-14/h5-12,14H,2-4H2,1H3,(H,28,29)(H,30,33)(H,35,36)(H,31,32,34). The van der Waals surface area contributed by atoms with E-state index >= 15 is 0 Å². The number of amides is 2. The third kappa shape index (κ3) is 5.16. The fraction of sp³-hybridized carbons (Fsp3) is 0.192. The Bertz CT molecular complexity index is 1520. The van der Waals surface area contributed by atoms with Crippen LogP contribution in [0.1, 0.15) is 35.2 Å². The minimum atomic E-state index is -1.08. The minimum absolute atomic E-state index is 0.00464. The van der Waals surface area contributed by atoms with Gasteiger partial charge in [-0.3, -0.25) is 14.6 Å². The highest BCUT2D eigenvalue weighted by atomic mass is 35.5. The second-order valence-electron chi connectivity index (χ2n) is 8.65. The first-order chi connectivity index (χ1) is 17.8. The molecule has 2 heterocycles. The van der Waals surface area contributed by atoms with Crippen molar-refractivity contribution in [3.8, 4) is 0 Å². The Labute approximate surface area is 221 Å². The normalized spacial score (nSPS) is 16.4. The smallest absolute Gasteiger partial charge is 0.339 e. The van der Waals surface area contributed by atoms with Gasteiger partial charge in [0, 0.05) is 30.2 Å². The number of hydrogen-bond donors (Lipinski definition) is 4. The molecule has 3 aromatic rings. The van der Waals surface area contributed by atoms with E-state index in [0.29, 0.717) is 48.6 Å². The molecule has 0 unspecified atom stereocenters. The lowest BCUT2D eigenvalue weighted by atomic mass is 9.85. The van der Waals surface area contributed by atoms with Crippen molar-refractivity contribution in [1.82, 2.24) is 4.98 Å². The zero-order valence-corrected chi connectivity index (χ0v) is 21.2. The second-order valence-corrected chi connectivity index (χ2v) is 10.1. The van der Waals surface area contributed by atoms with Crippen molar-refractivity contribution in [3.05, 3.63) is 63.6 Å². The van der Waals surface area contributed by atoms with Crippen molar-refractivity contribution in [2.24, 2.45) is 10.9 Å². The van der Waals surface area contributed by atoms with Crippen molar-refractivity contribution in [2.45, 2.75) is 19.3 Å². The van der Waals surface area contributed by atoms with Crippen LogP contribution in [0.25, 0.3) is 17.0 Å². The highest BCUT2D eigenvalue weighted by Gasteiger charge is 2.26. The van der Waals surface area contributed by atoms with Crippen molar-refractivity contribution in [1.29, 1.82) is 0 Å². The number of carbonyl (C=O) groups is 3. The molecule has 0 saturated heterocycles. The fourth-order valence-electron chi connectivity index (χ4n) is 4.07. The first-order valence-electron chi connectivity index (χ1n) is 11.6. The van der Waals surface area contributed by atoms with Crippen LogP contribution in [0.15, 0.2) is 52.5 Å². The number of carboxylic acids is 1. The van der Waals surface area contributed by atoms with Gasteiger partial charge in [-0.2, -0.15) is 4.99 Å². The summed E-state index contributed by atoms with van der Waals surface area (Å²) in [6.07, 6.45) is 5.88. The Morgan fingerprint density at radius 2 is 2.00 bits per heavy atom. The number of aromatic carboxylic acids is 1. The molecule has 1 aliphatic carbocycles. The number of rotatable bonds is 6. The average molecular weight is 536 g/mol. The predicted molar refractivity (Wildman–Crippen MR) is 147 cm³/mol. The molecule has 9 nitrogen and oxygen atoms in total. The fourth-order valence-corrected chi connectivity index (χ4v) is 5.06. The number of amidine groups is 1. The zero-order valence-electron chi connectivity index (χ0n) is 19.7. The molecule has 1 fully saturated rings. The maximum atomic E-state index is 12.6. The molecule has 0 radical (unpaired) electrons. The first-order valence-corrected chi connectivity index (χ1v) is 12.8. The SMILES string of the molecule is CNc1c(C(=O)O)cnc2ccc(C=C3SC(Nc4cc(NC(=O)C5CCC5)ccc4Cl)=NC3=O)cc12. The molecule has 11 heteroatoms. The van der Waals surface area contributed by atoms with Crippen LogP contribution >= 0.6 is 23.4 Å². The highest BCUT2D eigenvalue weighted by Crippen LogP contribution is 2.34. The molecule has 2 aliphatic rings. The van der Waals surface area contributed by atoms with E-state index in [1.807, 2.05) is 0 Å². The van der Waals surface area contributed by atoms with Crippen LogP contribution in [0, 0.1) is 5.92 Å². The number of carbonyl (C=O) groups excluding carboxylic acids is 2. The van der Waals surface area contributed by atoms with Crippen molar-refractivity contribution < 1.29 is 19.5 Å². The molecule has 0 atom stereocenters.